The highest BCUT2D eigenvalue weighted by Gasteiger charge is 2.29. The molecular weight excluding hydrogens is 244 g/mol. The predicted molar refractivity (Wildman–Crippen MR) is 62.5 cm³/mol. The summed E-state index contributed by atoms with van der Waals surface area (Å²) in [7, 11) is 1.55. The molecule has 4 nitrogen and oxygen atoms in total. The van der Waals surface area contributed by atoms with E-state index in [1.165, 1.54) is 0 Å². The number of hydrogen-bond acceptors (Lipinski definition) is 4. The van der Waals surface area contributed by atoms with E-state index in [0.29, 0.717) is 29.4 Å². The largest absolute Gasteiger partial charge is 0.463 e. The molecule has 1 aliphatic rings. The summed E-state index contributed by atoms with van der Waals surface area (Å²) in [5.41, 5.74) is 1.24. The summed E-state index contributed by atoms with van der Waals surface area (Å²) >= 11 is 6.01. The molecule has 0 spiro atoms. The van der Waals surface area contributed by atoms with Crippen molar-refractivity contribution in [3.8, 4) is 5.75 Å². The van der Waals surface area contributed by atoms with E-state index in [1.54, 1.807) is 26.2 Å². The first kappa shape index (κ1) is 12.2. The van der Waals surface area contributed by atoms with Crippen LogP contribution < -0.4 is 4.74 Å². The zero-order valence-corrected chi connectivity index (χ0v) is 10.4. The molecule has 0 unspecified atom stereocenters. The quantitative estimate of drug-likeness (QED) is 0.779. The van der Waals surface area contributed by atoms with Crippen molar-refractivity contribution in [2.75, 3.05) is 13.7 Å². The first-order valence-electron chi connectivity index (χ1n) is 5.35. The van der Waals surface area contributed by atoms with Crippen molar-refractivity contribution in [1.82, 2.24) is 0 Å². The number of carbonyl (C=O) groups is 1. The maximum atomic E-state index is 11.7. The van der Waals surface area contributed by atoms with Crippen molar-refractivity contribution in [3.63, 3.8) is 0 Å². The lowest BCUT2D eigenvalue weighted by Crippen LogP contribution is -2.15. The van der Waals surface area contributed by atoms with Gasteiger partial charge in [-0.15, -0.1) is 0 Å². The molecule has 0 aromatic heterocycles. The van der Waals surface area contributed by atoms with Crippen LogP contribution in [-0.4, -0.2) is 26.0 Å². The SMILES string of the molecule is CCOC(=O)c1ccc(Cl)c2c1C[C@@H](OC)O2. The molecule has 0 amide bonds. The van der Waals surface area contributed by atoms with Gasteiger partial charge in [0.1, 0.15) is 5.75 Å². The second kappa shape index (κ2) is 4.94. The third-order valence-electron chi connectivity index (χ3n) is 2.59. The topological polar surface area (TPSA) is 44.8 Å². The Kier molecular flexibility index (Phi) is 3.54. The minimum Gasteiger partial charge on any atom is -0.463 e. The maximum absolute atomic E-state index is 11.7. The third-order valence-corrected chi connectivity index (χ3v) is 2.89. The Bertz CT molecular complexity index is 444. The van der Waals surface area contributed by atoms with Gasteiger partial charge in [-0.1, -0.05) is 11.6 Å². The zero-order valence-electron chi connectivity index (χ0n) is 9.66. The average molecular weight is 257 g/mol. The fourth-order valence-corrected chi connectivity index (χ4v) is 2.02. The molecule has 1 aromatic carbocycles. The van der Waals surface area contributed by atoms with Crippen LogP contribution in [0.4, 0.5) is 0 Å². The van der Waals surface area contributed by atoms with Crippen LogP contribution >= 0.6 is 11.6 Å². The van der Waals surface area contributed by atoms with Crippen LogP contribution in [0.3, 0.4) is 0 Å². The number of carbonyl (C=O) groups excluding carboxylic acids is 1. The van der Waals surface area contributed by atoms with Gasteiger partial charge in [0.25, 0.3) is 0 Å². The Balaban J connectivity index is 2.38. The number of hydrogen-bond donors (Lipinski definition) is 0. The van der Waals surface area contributed by atoms with Crippen molar-refractivity contribution in [2.45, 2.75) is 19.6 Å². The van der Waals surface area contributed by atoms with Crippen molar-refractivity contribution in [1.29, 1.82) is 0 Å². The molecule has 1 aromatic rings. The molecule has 0 aliphatic carbocycles. The summed E-state index contributed by atoms with van der Waals surface area (Å²) in [6, 6.07) is 3.28. The number of rotatable bonds is 3. The van der Waals surface area contributed by atoms with E-state index < -0.39 is 6.29 Å². The maximum Gasteiger partial charge on any atom is 0.338 e. The molecule has 5 heteroatoms. The van der Waals surface area contributed by atoms with Crippen molar-refractivity contribution in [3.05, 3.63) is 28.3 Å². The molecule has 0 saturated carbocycles. The molecule has 0 radical (unpaired) electrons. The second-order valence-electron chi connectivity index (χ2n) is 3.61. The van der Waals surface area contributed by atoms with Gasteiger partial charge in [0, 0.05) is 19.1 Å². The van der Waals surface area contributed by atoms with Crippen LogP contribution in [0.2, 0.25) is 5.02 Å². The van der Waals surface area contributed by atoms with Crippen LogP contribution in [-0.2, 0) is 15.9 Å². The smallest absolute Gasteiger partial charge is 0.338 e. The van der Waals surface area contributed by atoms with Gasteiger partial charge in [-0.25, -0.2) is 4.79 Å². The van der Waals surface area contributed by atoms with Gasteiger partial charge in [0.05, 0.1) is 17.2 Å². The van der Waals surface area contributed by atoms with E-state index in [4.69, 9.17) is 25.8 Å². The zero-order chi connectivity index (χ0) is 12.4. The van der Waals surface area contributed by atoms with E-state index in [9.17, 15) is 4.79 Å². The van der Waals surface area contributed by atoms with E-state index in [2.05, 4.69) is 0 Å². The predicted octanol–water partition coefficient (Wildman–Crippen LogP) is 2.42. The molecule has 0 N–H and O–H groups in total. The number of esters is 1. The van der Waals surface area contributed by atoms with E-state index >= 15 is 0 Å². The highest BCUT2D eigenvalue weighted by atomic mass is 35.5. The number of ether oxygens (including phenoxy) is 3. The molecule has 0 fully saturated rings. The van der Waals surface area contributed by atoms with Crippen LogP contribution in [0, 0.1) is 0 Å². The summed E-state index contributed by atoms with van der Waals surface area (Å²) in [6.45, 7) is 2.10. The molecule has 92 valence electrons. The highest BCUT2D eigenvalue weighted by Crippen LogP contribution is 2.38. The van der Waals surface area contributed by atoms with Gasteiger partial charge in [0.15, 0.2) is 0 Å². The van der Waals surface area contributed by atoms with Gasteiger partial charge in [0.2, 0.25) is 6.29 Å². The standard InChI is InChI=1S/C12H13ClO4/c1-3-16-12(14)7-4-5-9(13)11-8(7)6-10(15-2)17-11/h4-5,10H,3,6H2,1-2H3/t10-/m0/s1. The second-order valence-corrected chi connectivity index (χ2v) is 4.02. The first-order chi connectivity index (χ1) is 8.17. The molecular formula is C12H13ClO4. The van der Waals surface area contributed by atoms with Crippen LogP contribution in [0.5, 0.6) is 5.75 Å². The summed E-state index contributed by atoms with van der Waals surface area (Å²) in [6.07, 6.45) is 0.110. The lowest BCUT2D eigenvalue weighted by Gasteiger charge is -2.08. The lowest BCUT2D eigenvalue weighted by atomic mass is 10.0. The summed E-state index contributed by atoms with van der Waals surface area (Å²) in [5, 5.41) is 0.479. The fourth-order valence-electron chi connectivity index (χ4n) is 1.80. The Morgan fingerprint density at radius 3 is 3.00 bits per heavy atom. The van der Waals surface area contributed by atoms with E-state index in [0.717, 1.165) is 5.56 Å². The minimum absolute atomic E-state index is 0.338. The fraction of sp³-hybridized carbons (Fsp3) is 0.417. The summed E-state index contributed by atoms with van der Waals surface area (Å²) in [4.78, 5) is 11.7. The highest BCUT2D eigenvalue weighted by molar-refractivity contribution is 6.32. The third kappa shape index (κ3) is 2.23. The molecule has 0 bridgehead atoms. The van der Waals surface area contributed by atoms with Crippen molar-refractivity contribution in [2.24, 2.45) is 0 Å². The molecule has 1 atom stereocenters. The van der Waals surface area contributed by atoms with Crippen LogP contribution in [0.15, 0.2) is 12.1 Å². The Labute approximate surface area is 104 Å². The van der Waals surface area contributed by atoms with Gasteiger partial charge < -0.3 is 14.2 Å². The number of benzene rings is 1. The normalized spacial score (nSPS) is 17.5. The van der Waals surface area contributed by atoms with Crippen molar-refractivity contribution >= 4 is 17.6 Å². The van der Waals surface area contributed by atoms with Gasteiger partial charge in [-0.3, -0.25) is 0 Å². The Morgan fingerprint density at radius 1 is 1.59 bits per heavy atom. The Morgan fingerprint density at radius 2 is 2.35 bits per heavy atom. The van der Waals surface area contributed by atoms with Gasteiger partial charge in [-0.2, -0.15) is 0 Å². The monoisotopic (exact) mass is 256 g/mol. The molecule has 1 aliphatic heterocycles. The van der Waals surface area contributed by atoms with E-state index in [-0.39, 0.29) is 5.97 Å². The molecule has 1 heterocycles. The van der Waals surface area contributed by atoms with Crippen LogP contribution in [0.1, 0.15) is 22.8 Å². The minimum atomic E-state index is -0.391. The van der Waals surface area contributed by atoms with E-state index in [1.807, 2.05) is 0 Å². The number of fused-ring (bicyclic) bond motifs is 1. The number of halogens is 1. The average Bonchev–Trinajstić information content (AvgIpc) is 2.74. The first-order valence-corrected chi connectivity index (χ1v) is 5.73. The lowest BCUT2D eigenvalue weighted by molar-refractivity contribution is -0.0367. The van der Waals surface area contributed by atoms with Crippen molar-refractivity contribution < 1.29 is 19.0 Å². The summed E-state index contributed by atoms with van der Waals surface area (Å²) < 4.78 is 15.6. The van der Waals surface area contributed by atoms with Gasteiger partial charge in [-0.05, 0) is 19.1 Å². The number of methoxy groups -OCH3 is 1. The Hall–Kier alpha value is -1.26. The molecule has 2 rings (SSSR count). The molecule has 0 saturated heterocycles. The van der Waals surface area contributed by atoms with Crippen LogP contribution in [0.25, 0.3) is 0 Å². The van der Waals surface area contributed by atoms with Gasteiger partial charge >= 0.3 is 5.97 Å². The molecule has 17 heavy (non-hydrogen) atoms. The summed E-state index contributed by atoms with van der Waals surface area (Å²) in [5.74, 6) is 0.157.